The van der Waals surface area contributed by atoms with Gasteiger partial charge in [-0.25, -0.2) is 4.79 Å². The number of aryl methyl sites for hydroxylation is 1. The predicted molar refractivity (Wildman–Crippen MR) is 119 cm³/mol. The Bertz CT molecular complexity index is 1160. The minimum atomic E-state index is -4.50. The van der Waals surface area contributed by atoms with Gasteiger partial charge in [-0.15, -0.1) is 0 Å². The second-order valence-corrected chi connectivity index (χ2v) is 7.32. The normalized spacial score (nSPS) is 11.0. The quantitative estimate of drug-likeness (QED) is 0.403. The summed E-state index contributed by atoms with van der Waals surface area (Å²) in [6.45, 7) is 2.19. The molecule has 172 valence electrons. The van der Waals surface area contributed by atoms with Gasteiger partial charge in [0.15, 0.2) is 0 Å². The first-order valence-corrected chi connectivity index (χ1v) is 10.0. The van der Waals surface area contributed by atoms with Crippen molar-refractivity contribution in [3.8, 4) is 5.75 Å². The lowest BCUT2D eigenvalue weighted by Crippen LogP contribution is -2.26. The van der Waals surface area contributed by atoms with Crippen molar-refractivity contribution in [1.29, 1.82) is 0 Å². The van der Waals surface area contributed by atoms with Crippen molar-refractivity contribution in [3.05, 3.63) is 89.0 Å². The smallest absolute Gasteiger partial charge is 0.416 e. The Morgan fingerprint density at radius 1 is 0.909 bits per heavy atom. The van der Waals surface area contributed by atoms with Crippen LogP contribution in [0.2, 0.25) is 0 Å². The summed E-state index contributed by atoms with van der Waals surface area (Å²) in [4.78, 5) is 24.3. The highest BCUT2D eigenvalue weighted by Gasteiger charge is 2.30. The molecule has 0 bridgehead atoms. The molecule has 0 aliphatic rings. The molecule has 6 nitrogen and oxygen atoms in total. The Kier molecular flexibility index (Phi) is 7.22. The van der Waals surface area contributed by atoms with E-state index in [1.54, 1.807) is 30.3 Å². The fourth-order valence-electron chi connectivity index (χ4n) is 3.19. The number of rotatable bonds is 6. The molecule has 0 atom stereocenters. The van der Waals surface area contributed by atoms with Gasteiger partial charge in [0, 0.05) is 17.9 Å². The highest BCUT2D eigenvalue weighted by molar-refractivity contribution is 6.00. The third kappa shape index (κ3) is 6.49. The van der Waals surface area contributed by atoms with Crippen LogP contribution in [0.25, 0.3) is 0 Å². The number of carbonyl (C=O) groups excluding carboxylic acids is 2. The van der Waals surface area contributed by atoms with E-state index < -0.39 is 17.8 Å². The summed E-state index contributed by atoms with van der Waals surface area (Å²) in [6.07, 6.45) is -3.97. The van der Waals surface area contributed by atoms with E-state index in [0.717, 1.165) is 23.3 Å². The fourth-order valence-corrected chi connectivity index (χ4v) is 3.19. The van der Waals surface area contributed by atoms with Crippen molar-refractivity contribution in [1.82, 2.24) is 5.32 Å². The van der Waals surface area contributed by atoms with Crippen LogP contribution in [0.1, 0.15) is 27.0 Å². The van der Waals surface area contributed by atoms with Gasteiger partial charge in [0.25, 0.3) is 5.91 Å². The van der Waals surface area contributed by atoms with E-state index in [-0.39, 0.29) is 22.9 Å². The molecule has 3 amide bonds. The summed E-state index contributed by atoms with van der Waals surface area (Å²) in [5.74, 6) is -0.472. The van der Waals surface area contributed by atoms with Crippen LogP contribution in [0.5, 0.6) is 5.75 Å². The largest absolute Gasteiger partial charge is 0.507 e. The van der Waals surface area contributed by atoms with E-state index in [4.69, 9.17) is 0 Å². The predicted octanol–water partition coefficient (Wildman–Crippen LogP) is 5.34. The average Bonchev–Trinajstić information content (AvgIpc) is 2.75. The molecule has 33 heavy (non-hydrogen) atoms. The van der Waals surface area contributed by atoms with Crippen molar-refractivity contribution in [2.45, 2.75) is 19.5 Å². The fraction of sp³-hybridized carbons (Fsp3) is 0.167. The van der Waals surface area contributed by atoms with E-state index in [2.05, 4.69) is 16.0 Å². The summed E-state index contributed by atoms with van der Waals surface area (Å²) >= 11 is 0. The van der Waals surface area contributed by atoms with Gasteiger partial charge < -0.3 is 21.1 Å². The zero-order valence-corrected chi connectivity index (χ0v) is 17.7. The van der Waals surface area contributed by atoms with E-state index in [1.165, 1.54) is 24.3 Å². The molecule has 0 heterocycles. The van der Waals surface area contributed by atoms with E-state index in [1.807, 2.05) is 6.92 Å². The van der Waals surface area contributed by atoms with Crippen molar-refractivity contribution in [2.24, 2.45) is 0 Å². The number of nitrogens with one attached hydrogen (secondary N) is 3. The molecule has 0 spiro atoms. The van der Waals surface area contributed by atoms with Crippen LogP contribution in [0.4, 0.5) is 29.3 Å². The van der Waals surface area contributed by atoms with Gasteiger partial charge in [0.2, 0.25) is 0 Å². The zero-order chi connectivity index (χ0) is 24.0. The second-order valence-electron chi connectivity index (χ2n) is 7.32. The number of para-hydroxylation sites is 1. The molecule has 0 unspecified atom stereocenters. The van der Waals surface area contributed by atoms with E-state index >= 15 is 0 Å². The molecule has 3 aromatic rings. The SMILES string of the molecule is Cc1cc(NC(=O)Nc2cccc(C(F)(F)F)c2)ccc1CCNC(=O)c1ccccc1O. The van der Waals surface area contributed by atoms with Crippen molar-refractivity contribution < 1.29 is 27.9 Å². The van der Waals surface area contributed by atoms with Crippen LogP contribution in [0, 0.1) is 6.92 Å². The van der Waals surface area contributed by atoms with Gasteiger partial charge in [-0.3, -0.25) is 4.79 Å². The van der Waals surface area contributed by atoms with Crippen molar-refractivity contribution in [3.63, 3.8) is 0 Å². The lowest BCUT2D eigenvalue weighted by atomic mass is 10.0. The third-order valence-corrected chi connectivity index (χ3v) is 4.88. The maximum Gasteiger partial charge on any atom is 0.416 e. The number of hydrogen-bond acceptors (Lipinski definition) is 3. The van der Waals surface area contributed by atoms with Crippen molar-refractivity contribution >= 4 is 23.3 Å². The van der Waals surface area contributed by atoms with E-state index in [0.29, 0.717) is 18.7 Å². The molecule has 3 aromatic carbocycles. The lowest BCUT2D eigenvalue weighted by Gasteiger charge is -2.13. The van der Waals surface area contributed by atoms with Gasteiger partial charge in [0.05, 0.1) is 11.1 Å². The third-order valence-electron chi connectivity index (χ3n) is 4.88. The minimum Gasteiger partial charge on any atom is -0.507 e. The molecule has 0 saturated heterocycles. The van der Waals surface area contributed by atoms with Crippen molar-refractivity contribution in [2.75, 3.05) is 17.2 Å². The number of hydrogen-bond donors (Lipinski definition) is 4. The van der Waals surface area contributed by atoms with Gasteiger partial charge in [0.1, 0.15) is 5.75 Å². The molecule has 9 heteroatoms. The summed E-state index contributed by atoms with van der Waals surface area (Å²) in [7, 11) is 0. The number of anilines is 2. The number of phenols is 1. The second kappa shape index (κ2) is 10.1. The first kappa shape index (κ1) is 23.6. The van der Waals surface area contributed by atoms with Gasteiger partial charge >= 0.3 is 12.2 Å². The summed E-state index contributed by atoms with van der Waals surface area (Å²) < 4.78 is 38.4. The average molecular weight is 457 g/mol. The molecular formula is C24H22F3N3O3. The van der Waals surface area contributed by atoms with Crippen LogP contribution in [-0.4, -0.2) is 23.6 Å². The number of urea groups is 1. The minimum absolute atomic E-state index is 0.0239. The first-order chi connectivity index (χ1) is 15.6. The highest BCUT2D eigenvalue weighted by atomic mass is 19.4. The Balaban J connectivity index is 1.54. The van der Waals surface area contributed by atoms with Gasteiger partial charge in [-0.1, -0.05) is 24.3 Å². The van der Waals surface area contributed by atoms with Crippen LogP contribution in [0.3, 0.4) is 0 Å². The number of alkyl halides is 3. The highest BCUT2D eigenvalue weighted by Crippen LogP contribution is 2.30. The zero-order valence-electron chi connectivity index (χ0n) is 17.7. The lowest BCUT2D eigenvalue weighted by molar-refractivity contribution is -0.137. The Hall–Kier alpha value is -4.01. The molecule has 3 rings (SSSR count). The molecule has 0 aliphatic carbocycles. The molecule has 0 saturated carbocycles. The first-order valence-electron chi connectivity index (χ1n) is 10.0. The number of aromatic hydroxyl groups is 1. The number of carbonyl (C=O) groups is 2. The molecule has 0 fully saturated rings. The number of phenolic OH excluding ortho intramolecular Hbond substituents is 1. The molecule has 0 aromatic heterocycles. The maximum absolute atomic E-state index is 12.8. The Labute approximate surface area is 188 Å². The molecule has 0 radical (unpaired) electrons. The van der Waals surface area contributed by atoms with Crippen LogP contribution >= 0.6 is 0 Å². The van der Waals surface area contributed by atoms with Gasteiger partial charge in [-0.2, -0.15) is 13.2 Å². The molecular weight excluding hydrogens is 435 g/mol. The maximum atomic E-state index is 12.8. The Morgan fingerprint density at radius 2 is 1.61 bits per heavy atom. The van der Waals surface area contributed by atoms with Crippen LogP contribution < -0.4 is 16.0 Å². The van der Waals surface area contributed by atoms with Gasteiger partial charge in [-0.05, 0) is 66.9 Å². The molecule has 0 aliphatic heterocycles. The number of amides is 3. The van der Waals surface area contributed by atoms with Crippen LogP contribution in [0.15, 0.2) is 66.7 Å². The topological polar surface area (TPSA) is 90.5 Å². The Morgan fingerprint density at radius 3 is 2.27 bits per heavy atom. The van der Waals surface area contributed by atoms with Crippen LogP contribution in [-0.2, 0) is 12.6 Å². The number of halogens is 3. The summed E-state index contributed by atoms with van der Waals surface area (Å²) in [5.41, 5.74) is 1.64. The molecule has 4 N–H and O–H groups in total. The van der Waals surface area contributed by atoms with E-state index in [9.17, 15) is 27.9 Å². The standard InChI is InChI=1S/C24H22F3N3O3/c1-15-13-19(30-23(33)29-18-6-4-5-17(14-18)24(25,26)27)10-9-16(15)11-12-28-22(32)20-7-2-3-8-21(20)31/h2-10,13-14,31H,11-12H2,1H3,(H,28,32)(H2,29,30,33). The number of benzene rings is 3. The summed E-state index contributed by atoms with van der Waals surface area (Å²) in [6, 6.07) is 15.1. The monoisotopic (exact) mass is 457 g/mol. The summed E-state index contributed by atoms with van der Waals surface area (Å²) in [5, 5.41) is 17.5.